The first-order chi connectivity index (χ1) is 10.3. The third kappa shape index (κ3) is 4.71. The van der Waals surface area contributed by atoms with E-state index in [1.165, 1.54) is 26.3 Å². The van der Waals surface area contributed by atoms with E-state index in [1.807, 2.05) is 13.8 Å². The van der Waals surface area contributed by atoms with Gasteiger partial charge in [0.1, 0.15) is 11.5 Å². The fourth-order valence-electron chi connectivity index (χ4n) is 1.54. The summed E-state index contributed by atoms with van der Waals surface area (Å²) in [6, 6.07) is 2.40. The number of halogens is 3. The van der Waals surface area contributed by atoms with Crippen LogP contribution in [0.5, 0.6) is 11.5 Å². The zero-order valence-electron chi connectivity index (χ0n) is 12.7. The molecule has 1 aromatic rings. The Kier molecular flexibility index (Phi) is 6.83. The minimum atomic E-state index is -3.09. The van der Waals surface area contributed by atoms with Crippen molar-refractivity contribution in [2.24, 2.45) is 0 Å². The largest absolute Gasteiger partial charge is 0.489 e. The maximum atomic E-state index is 12.6. The van der Waals surface area contributed by atoms with Crippen molar-refractivity contribution in [2.75, 3.05) is 14.2 Å². The molecule has 0 bridgehead atoms. The zero-order valence-corrected chi connectivity index (χ0v) is 13.5. The van der Waals surface area contributed by atoms with Gasteiger partial charge in [-0.05, 0) is 19.4 Å². The monoisotopic (exact) mass is 337 g/mol. The van der Waals surface area contributed by atoms with E-state index in [4.69, 9.17) is 21.2 Å². The molecule has 1 atom stereocenters. The van der Waals surface area contributed by atoms with Crippen molar-refractivity contribution in [3.63, 3.8) is 0 Å². The molecule has 5 nitrogen and oxygen atoms in total. The molecule has 1 unspecified atom stereocenters. The smallest absolute Gasteiger partial charge is 0.387 e. The first-order valence-corrected chi connectivity index (χ1v) is 6.95. The van der Waals surface area contributed by atoms with Crippen LogP contribution in [0.4, 0.5) is 8.78 Å². The molecule has 0 radical (unpaired) electrons. The Labute approximate surface area is 132 Å². The average Bonchev–Trinajstić information content (AvgIpc) is 2.47. The predicted molar refractivity (Wildman–Crippen MR) is 77.6 cm³/mol. The van der Waals surface area contributed by atoms with E-state index in [0.29, 0.717) is 6.42 Å². The van der Waals surface area contributed by atoms with Crippen LogP contribution in [0.2, 0.25) is 5.02 Å². The van der Waals surface area contributed by atoms with Crippen LogP contribution in [0.1, 0.15) is 30.6 Å². The molecule has 22 heavy (non-hydrogen) atoms. The van der Waals surface area contributed by atoms with Gasteiger partial charge in [0, 0.05) is 13.1 Å². The SMILES string of the molecule is CCC(C)Oc1cc(OC(F)F)c(C(=O)N(C)OC)cc1Cl. The van der Waals surface area contributed by atoms with E-state index in [-0.39, 0.29) is 28.2 Å². The molecule has 0 saturated heterocycles. The van der Waals surface area contributed by atoms with Gasteiger partial charge in [0.15, 0.2) is 0 Å². The highest BCUT2D eigenvalue weighted by Crippen LogP contribution is 2.35. The van der Waals surface area contributed by atoms with Crippen LogP contribution in [-0.4, -0.2) is 37.8 Å². The van der Waals surface area contributed by atoms with Crippen molar-refractivity contribution >= 4 is 17.5 Å². The molecule has 0 aliphatic heterocycles. The molecule has 0 spiro atoms. The Hall–Kier alpha value is -1.60. The Morgan fingerprint density at radius 3 is 2.45 bits per heavy atom. The van der Waals surface area contributed by atoms with Crippen molar-refractivity contribution in [1.82, 2.24) is 5.06 Å². The summed E-state index contributed by atoms with van der Waals surface area (Å²) >= 11 is 6.05. The minimum absolute atomic E-state index is 0.120. The number of hydroxylamine groups is 2. The van der Waals surface area contributed by atoms with Crippen LogP contribution in [0.25, 0.3) is 0 Å². The summed E-state index contributed by atoms with van der Waals surface area (Å²) in [6.07, 6.45) is 0.536. The first-order valence-electron chi connectivity index (χ1n) is 6.57. The highest BCUT2D eigenvalue weighted by atomic mass is 35.5. The highest BCUT2D eigenvalue weighted by Gasteiger charge is 2.22. The lowest BCUT2D eigenvalue weighted by Gasteiger charge is -2.19. The maximum absolute atomic E-state index is 12.6. The molecule has 0 aliphatic carbocycles. The number of carbonyl (C=O) groups excluding carboxylic acids is 1. The van der Waals surface area contributed by atoms with Gasteiger partial charge in [-0.1, -0.05) is 18.5 Å². The van der Waals surface area contributed by atoms with E-state index in [0.717, 1.165) is 5.06 Å². The van der Waals surface area contributed by atoms with Gasteiger partial charge in [-0.15, -0.1) is 0 Å². The van der Waals surface area contributed by atoms with Crippen LogP contribution in [0, 0.1) is 0 Å². The molecular weight excluding hydrogens is 320 g/mol. The Balaban J connectivity index is 3.26. The Morgan fingerprint density at radius 1 is 1.32 bits per heavy atom. The molecule has 0 aliphatic rings. The van der Waals surface area contributed by atoms with Gasteiger partial charge in [0.05, 0.1) is 23.8 Å². The summed E-state index contributed by atoms with van der Waals surface area (Å²) in [7, 11) is 2.61. The molecule has 124 valence electrons. The quantitative estimate of drug-likeness (QED) is 0.711. The van der Waals surface area contributed by atoms with Crippen molar-refractivity contribution in [3.8, 4) is 11.5 Å². The lowest BCUT2D eigenvalue weighted by Crippen LogP contribution is -2.26. The molecular formula is C14H18ClF2NO4. The number of hydrogen-bond acceptors (Lipinski definition) is 4. The van der Waals surface area contributed by atoms with Gasteiger partial charge >= 0.3 is 6.61 Å². The van der Waals surface area contributed by atoms with Crippen molar-refractivity contribution in [2.45, 2.75) is 33.0 Å². The van der Waals surface area contributed by atoms with Crippen molar-refractivity contribution in [1.29, 1.82) is 0 Å². The second-order valence-corrected chi connectivity index (χ2v) is 4.89. The van der Waals surface area contributed by atoms with Gasteiger partial charge in [0.2, 0.25) is 0 Å². The second kappa shape index (κ2) is 8.14. The minimum Gasteiger partial charge on any atom is -0.489 e. The fraction of sp³-hybridized carbons (Fsp3) is 0.500. The van der Waals surface area contributed by atoms with Gasteiger partial charge in [-0.25, -0.2) is 5.06 Å². The lowest BCUT2D eigenvalue weighted by atomic mass is 10.1. The predicted octanol–water partition coefficient (Wildman–Crippen LogP) is 3.75. The third-order valence-electron chi connectivity index (χ3n) is 2.94. The normalized spacial score (nSPS) is 12.2. The Morgan fingerprint density at radius 2 is 1.95 bits per heavy atom. The summed E-state index contributed by atoms with van der Waals surface area (Å²) in [5.41, 5.74) is -0.147. The molecule has 0 heterocycles. The summed E-state index contributed by atoms with van der Waals surface area (Å²) in [4.78, 5) is 16.8. The number of rotatable bonds is 7. The van der Waals surface area contributed by atoms with Crippen LogP contribution in [-0.2, 0) is 4.84 Å². The number of amides is 1. The van der Waals surface area contributed by atoms with Crippen LogP contribution >= 0.6 is 11.6 Å². The summed E-state index contributed by atoms with van der Waals surface area (Å²) in [5, 5.41) is 0.994. The lowest BCUT2D eigenvalue weighted by molar-refractivity contribution is -0.0771. The summed E-state index contributed by atoms with van der Waals surface area (Å²) < 4.78 is 35.0. The molecule has 0 saturated carbocycles. The molecule has 0 aromatic heterocycles. The van der Waals surface area contributed by atoms with E-state index >= 15 is 0 Å². The van der Waals surface area contributed by atoms with Crippen molar-refractivity contribution in [3.05, 3.63) is 22.7 Å². The number of carbonyl (C=O) groups is 1. The maximum Gasteiger partial charge on any atom is 0.387 e. The standard InChI is InChI=1S/C14H18ClF2NO4/c1-5-8(2)21-12-7-11(22-14(16)17)9(6-10(12)15)13(19)18(3)20-4/h6-8,14H,5H2,1-4H3. The zero-order chi connectivity index (χ0) is 16.9. The number of nitrogens with zero attached hydrogens (tertiary/aromatic N) is 1. The first kappa shape index (κ1) is 18.4. The second-order valence-electron chi connectivity index (χ2n) is 4.48. The van der Waals surface area contributed by atoms with Gasteiger partial charge in [0.25, 0.3) is 5.91 Å². The number of ether oxygens (including phenoxy) is 2. The Bertz CT molecular complexity index is 528. The van der Waals surface area contributed by atoms with E-state index in [2.05, 4.69) is 4.74 Å². The number of hydrogen-bond donors (Lipinski definition) is 0. The van der Waals surface area contributed by atoms with E-state index < -0.39 is 12.5 Å². The highest BCUT2D eigenvalue weighted by molar-refractivity contribution is 6.32. The summed E-state index contributed by atoms with van der Waals surface area (Å²) in [5.74, 6) is -0.829. The topological polar surface area (TPSA) is 48.0 Å². The molecule has 1 amide bonds. The average molecular weight is 338 g/mol. The van der Waals surface area contributed by atoms with Crippen molar-refractivity contribution < 1.29 is 27.9 Å². The van der Waals surface area contributed by atoms with E-state index in [9.17, 15) is 13.6 Å². The van der Waals surface area contributed by atoms with Crippen LogP contribution in [0.3, 0.4) is 0 Å². The van der Waals surface area contributed by atoms with Gasteiger partial charge in [-0.3, -0.25) is 9.63 Å². The number of alkyl halides is 2. The summed E-state index contributed by atoms with van der Waals surface area (Å²) in [6.45, 7) is 0.625. The molecule has 0 N–H and O–H groups in total. The number of benzene rings is 1. The van der Waals surface area contributed by atoms with Crippen LogP contribution in [0.15, 0.2) is 12.1 Å². The molecule has 1 rings (SSSR count). The third-order valence-corrected chi connectivity index (χ3v) is 3.24. The molecule has 8 heteroatoms. The fourth-order valence-corrected chi connectivity index (χ4v) is 1.75. The molecule has 1 aromatic carbocycles. The van der Waals surface area contributed by atoms with Gasteiger partial charge in [-0.2, -0.15) is 8.78 Å². The van der Waals surface area contributed by atoms with Gasteiger partial charge < -0.3 is 9.47 Å². The van der Waals surface area contributed by atoms with Crippen LogP contribution < -0.4 is 9.47 Å². The van der Waals surface area contributed by atoms with E-state index in [1.54, 1.807) is 0 Å². The molecule has 0 fully saturated rings.